The zero-order valence-corrected chi connectivity index (χ0v) is 19.4. The van der Waals surface area contributed by atoms with E-state index in [2.05, 4.69) is 10.6 Å². The monoisotopic (exact) mass is 458 g/mol. The van der Waals surface area contributed by atoms with Crippen LogP contribution in [0.1, 0.15) is 52.0 Å². The Morgan fingerprint density at radius 1 is 0.853 bits per heavy atom. The van der Waals surface area contributed by atoms with Gasteiger partial charge >= 0.3 is 0 Å². The predicted octanol–water partition coefficient (Wildman–Crippen LogP) is 5.24. The molecule has 2 amide bonds. The van der Waals surface area contributed by atoms with Gasteiger partial charge in [0.2, 0.25) is 0 Å². The lowest BCUT2D eigenvalue weighted by Gasteiger charge is -2.17. The molecular weight excluding hydrogens is 428 g/mol. The second-order valence-corrected chi connectivity index (χ2v) is 8.41. The van der Waals surface area contributed by atoms with E-state index in [0.717, 1.165) is 29.9 Å². The van der Waals surface area contributed by atoms with E-state index < -0.39 is 0 Å². The molecule has 0 unspecified atom stereocenters. The first-order valence-corrected chi connectivity index (χ1v) is 11.7. The van der Waals surface area contributed by atoms with Gasteiger partial charge in [0.1, 0.15) is 0 Å². The second-order valence-electron chi connectivity index (χ2n) is 8.41. The van der Waals surface area contributed by atoms with Crippen molar-refractivity contribution < 1.29 is 19.1 Å². The Hall–Kier alpha value is -3.80. The molecule has 3 aromatic rings. The molecule has 4 rings (SSSR count). The molecule has 1 aliphatic rings. The number of carbonyl (C=O) groups is 2. The number of hydrogen-bond donors (Lipinski definition) is 2. The van der Waals surface area contributed by atoms with Gasteiger partial charge in [-0.3, -0.25) is 9.59 Å². The fraction of sp³-hybridized carbons (Fsp3) is 0.286. The minimum atomic E-state index is -0.187. The highest BCUT2D eigenvalue weighted by Gasteiger charge is 2.18. The maximum Gasteiger partial charge on any atom is 0.255 e. The Morgan fingerprint density at radius 2 is 1.56 bits per heavy atom. The standard InChI is InChI=1S/C28H30N2O4/c1-33-25-16-11-20(19-26(25)34-24-9-5-6-10-24)17-18-29-27(31)22-12-14-23(15-13-22)30-28(32)21-7-3-2-4-8-21/h2-4,7-8,11-16,19,24H,5-6,9-10,17-18H2,1H3,(H,29,31)(H,30,32). The van der Waals surface area contributed by atoms with E-state index in [0.29, 0.717) is 29.8 Å². The van der Waals surface area contributed by atoms with Gasteiger partial charge in [-0.15, -0.1) is 0 Å². The van der Waals surface area contributed by atoms with Crippen LogP contribution in [0.25, 0.3) is 0 Å². The van der Waals surface area contributed by atoms with E-state index in [4.69, 9.17) is 9.47 Å². The van der Waals surface area contributed by atoms with Gasteiger partial charge in [0.15, 0.2) is 11.5 Å². The van der Waals surface area contributed by atoms with Crippen molar-refractivity contribution in [3.8, 4) is 11.5 Å². The maximum atomic E-state index is 12.5. The fourth-order valence-corrected chi connectivity index (χ4v) is 4.07. The molecule has 176 valence electrons. The Morgan fingerprint density at radius 3 is 2.26 bits per heavy atom. The third kappa shape index (κ3) is 6.16. The highest BCUT2D eigenvalue weighted by atomic mass is 16.5. The summed E-state index contributed by atoms with van der Waals surface area (Å²) in [6.45, 7) is 0.501. The predicted molar refractivity (Wildman–Crippen MR) is 133 cm³/mol. The molecule has 0 heterocycles. The molecule has 0 radical (unpaired) electrons. The molecule has 0 aliphatic heterocycles. The molecule has 0 atom stereocenters. The third-order valence-corrected chi connectivity index (χ3v) is 5.96. The van der Waals surface area contributed by atoms with Crippen molar-refractivity contribution >= 4 is 17.5 Å². The first-order chi connectivity index (χ1) is 16.6. The summed E-state index contributed by atoms with van der Waals surface area (Å²) in [5.74, 6) is 1.16. The number of ether oxygens (including phenoxy) is 2. The van der Waals surface area contributed by atoms with Gasteiger partial charge in [-0.25, -0.2) is 0 Å². The van der Waals surface area contributed by atoms with E-state index in [1.54, 1.807) is 43.5 Å². The molecule has 0 spiro atoms. The van der Waals surface area contributed by atoms with Gasteiger partial charge < -0.3 is 20.1 Å². The SMILES string of the molecule is COc1ccc(CCNC(=O)c2ccc(NC(=O)c3ccccc3)cc2)cc1OC1CCCC1. The average molecular weight is 459 g/mol. The van der Waals surface area contributed by atoms with E-state index in [1.165, 1.54) is 12.8 Å². The summed E-state index contributed by atoms with van der Waals surface area (Å²) in [6, 6.07) is 21.8. The Kier molecular flexibility index (Phi) is 7.81. The number of amides is 2. The summed E-state index contributed by atoms with van der Waals surface area (Å²) in [6.07, 6.45) is 5.51. The summed E-state index contributed by atoms with van der Waals surface area (Å²) in [4.78, 5) is 24.8. The Balaban J connectivity index is 1.28. The van der Waals surface area contributed by atoms with Crippen LogP contribution in [0.5, 0.6) is 11.5 Å². The molecule has 3 aromatic carbocycles. The van der Waals surface area contributed by atoms with Gasteiger partial charge in [0.05, 0.1) is 13.2 Å². The van der Waals surface area contributed by atoms with E-state index in [9.17, 15) is 9.59 Å². The summed E-state index contributed by atoms with van der Waals surface area (Å²) in [5.41, 5.74) is 2.84. The van der Waals surface area contributed by atoms with Crippen LogP contribution in [0.4, 0.5) is 5.69 Å². The van der Waals surface area contributed by atoms with Crippen LogP contribution in [0.2, 0.25) is 0 Å². The Bertz CT molecular complexity index is 1110. The maximum absolute atomic E-state index is 12.5. The number of hydrogen-bond acceptors (Lipinski definition) is 4. The van der Waals surface area contributed by atoms with E-state index in [-0.39, 0.29) is 17.9 Å². The van der Waals surface area contributed by atoms with Gasteiger partial charge in [-0.05, 0) is 86.2 Å². The van der Waals surface area contributed by atoms with Crippen LogP contribution < -0.4 is 20.1 Å². The molecule has 34 heavy (non-hydrogen) atoms. The Labute approximate surface area is 200 Å². The van der Waals surface area contributed by atoms with Crippen LogP contribution in [0.15, 0.2) is 72.8 Å². The lowest BCUT2D eigenvalue weighted by atomic mass is 10.1. The van der Waals surface area contributed by atoms with E-state index in [1.807, 2.05) is 36.4 Å². The highest BCUT2D eigenvalue weighted by molar-refractivity contribution is 6.04. The molecular formula is C28H30N2O4. The summed E-state index contributed by atoms with van der Waals surface area (Å²) in [5, 5.41) is 5.79. The molecule has 0 aromatic heterocycles. The van der Waals surface area contributed by atoms with Gasteiger partial charge in [-0.1, -0.05) is 24.3 Å². The first kappa shape index (κ1) is 23.4. The average Bonchev–Trinajstić information content (AvgIpc) is 3.38. The molecule has 0 bridgehead atoms. The lowest BCUT2D eigenvalue weighted by Crippen LogP contribution is -2.25. The van der Waals surface area contributed by atoms with Crippen LogP contribution in [0, 0.1) is 0 Å². The van der Waals surface area contributed by atoms with Gasteiger partial charge in [0, 0.05) is 23.4 Å². The van der Waals surface area contributed by atoms with Gasteiger partial charge in [-0.2, -0.15) is 0 Å². The number of carbonyl (C=O) groups excluding carboxylic acids is 2. The molecule has 1 fully saturated rings. The number of anilines is 1. The van der Waals surface area contributed by atoms with E-state index >= 15 is 0 Å². The molecule has 6 heteroatoms. The lowest BCUT2D eigenvalue weighted by molar-refractivity contribution is 0.0953. The van der Waals surface area contributed by atoms with Crippen molar-refractivity contribution in [1.82, 2.24) is 5.32 Å². The molecule has 6 nitrogen and oxygen atoms in total. The third-order valence-electron chi connectivity index (χ3n) is 5.96. The minimum Gasteiger partial charge on any atom is -0.493 e. The quantitative estimate of drug-likeness (QED) is 0.460. The van der Waals surface area contributed by atoms with Crippen molar-refractivity contribution in [3.05, 3.63) is 89.5 Å². The summed E-state index contributed by atoms with van der Waals surface area (Å²) >= 11 is 0. The van der Waals surface area contributed by atoms with Crippen molar-refractivity contribution in [1.29, 1.82) is 0 Å². The van der Waals surface area contributed by atoms with Crippen LogP contribution in [-0.4, -0.2) is 31.6 Å². The minimum absolute atomic E-state index is 0.156. The normalized spacial score (nSPS) is 13.3. The summed E-state index contributed by atoms with van der Waals surface area (Å²) in [7, 11) is 1.65. The number of benzene rings is 3. The van der Waals surface area contributed by atoms with Crippen LogP contribution >= 0.6 is 0 Å². The second kappa shape index (κ2) is 11.4. The van der Waals surface area contributed by atoms with Crippen LogP contribution in [-0.2, 0) is 6.42 Å². The molecule has 1 aliphatic carbocycles. The molecule has 0 saturated heterocycles. The zero-order valence-electron chi connectivity index (χ0n) is 19.4. The van der Waals surface area contributed by atoms with Crippen molar-refractivity contribution in [2.75, 3.05) is 19.0 Å². The zero-order chi connectivity index (χ0) is 23.8. The number of methoxy groups -OCH3 is 1. The molecule has 1 saturated carbocycles. The summed E-state index contributed by atoms with van der Waals surface area (Å²) < 4.78 is 11.6. The van der Waals surface area contributed by atoms with Crippen molar-refractivity contribution in [2.24, 2.45) is 0 Å². The smallest absolute Gasteiger partial charge is 0.255 e. The van der Waals surface area contributed by atoms with Crippen molar-refractivity contribution in [2.45, 2.75) is 38.2 Å². The number of rotatable bonds is 9. The largest absolute Gasteiger partial charge is 0.493 e. The molecule has 2 N–H and O–H groups in total. The van der Waals surface area contributed by atoms with Crippen LogP contribution in [0.3, 0.4) is 0 Å². The fourth-order valence-electron chi connectivity index (χ4n) is 4.07. The topological polar surface area (TPSA) is 76.7 Å². The van der Waals surface area contributed by atoms with Crippen molar-refractivity contribution in [3.63, 3.8) is 0 Å². The first-order valence-electron chi connectivity index (χ1n) is 11.7. The van der Waals surface area contributed by atoms with Gasteiger partial charge in [0.25, 0.3) is 11.8 Å². The highest BCUT2D eigenvalue weighted by Crippen LogP contribution is 2.32. The number of nitrogens with one attached hydrogen (secondary N) is 2.